The molecule has 186 valence electrons. The van der Waals surface area contributed by atoms with Crippen molar-refractivity contribution in [1.82, 2.24) is 24.4 Å². The van der Waals surface area contributed by atoms with E-state index in [0.29, 0.717) is 62.0 Å². The summed E-state index contributed by atoms with van der Waals surface area (Å²) in [5.41, 5.74) is 0.984. The number of hydrogen-bond donors (Lipinski definition) is 0. The van der Waals surface area contributed by atoms with Crippen LogP contribution in [0.1, 0.15) is 33.0 Å². The Bertz CT molecular complexity index is 1230. The molecule has 3 aromatic rings. The van der Waals surface area contributed by atoms with Gasteiger partial charge in [-0.05, 0) is 26.0 Å². The lowest BCUT2D eigenvalue weighted by atomic mass is 10.1. The molecule has 2 aromatic heterocycles. The Morgan fingerprint density at radius 1 is 1.03 bits per heavy atom. The van der Waals surface area contributed by atoms with E-state index < -0.39 is 6.43 Å². The summed E-state index contributed by atoms with van der Waals surface area (Å²) in [4.78, 5) is 31.5. The third-order valence-corrected chi connectivity index (χ3v) is 6.90. The van der Waals surface area contributed by atoms with Crippen LogP contribution >= 0.6 is 0 Å². The monoisotopic (exact) mass is 485 g/mol. The van der Waals surface area contributed by atoms with E-state index in [1.807, 2.05) is 13.0 Å². The molecule has 0 bridgehead atoms. The number of carbonyl (C=O) groups is 1. The number of alkyl halides is 2. The molecular formula is C24H29F2N7O2. The molecule has 9 nitrogen and oxygen atoms in total. The summed E-state index contributed by atoms with van der Waals surface area (Å²) in [7, 11) is 0. The van der Waals surface area contributed by atoms with Crippen LogP contribution in [0.25, 0.3) is 17.0 Å². The second-order valence-corrected chi connectivity index (χ2v) is 8.98. The van der Waals surface area contributed by atoms with Crippen LogP contribution in [0.2, 0.25) is 0 Å². The first-order chi connectivity index (χ1) is 16.8. The van der Waals surface area contributed by atoms with Crippen LogP contribution in [0.5, 0.6) is 0 Å². The topological polar surface area (TPSA) is 79.6 Å². The van der Waals surface area contributed by atoms with Gasteiger partial charge in [0.15, 0.2) is 5.82 Å². The van der Waals surface area contributed by atoms with Gasteiger partial charge in [-0.2, -0.15) is 9.97 Å². The Labute approximate surface area is 202 Å². The predicted molar refractivity (Wildman–Crippen MR) is 128 cm³/mol. The van der Waals surface area contributed by atoms with Crippen molar-refractivity contribution in [3.8, 4) is 5.95 Å². The molecule has 0 spiro atoms. The number of piperazine rings is 1. The van der Waals surface area contributed by atoms with Crippen LogP contribution in [-0.2, 0) is 9.53 Å². The van der Waals surface area contributed by atoms with E-state index in [4.69, 9.17) is 14.7 Å². The minimum Gasteiger partial charge on any atom is -0.375 e. The average molecular weight is 486 g/mol. The summed E-state index contributed by atoms with van der Waals surface area (Å²) >= 11 is 0. The zero-order chi connectivity index (χ0) is 24.7. The molecule has 5 rings (SSSR count). The number of anilines is 2. The van der Waals surface area contributed by atoms with Gasteiger partial charge in [0.2, 0.25) is 11.9 Å². The van der Waals surface area contributed by atoms with Crippen LogP contribution in [0.4, 0.5) is 20.4 Å². The highest BCUT2D eigenvalue weighted by molar-refractivity contribution is 5.78. The molecule has 0 unspecified atom stereocenters. The number of aromatic nitrogens is 4. The zero-order valence-electron chi connectivity index (χ0n) is 20.1. The van der Waals surface area contributed by atoms with Crippen molar-refractivity contribution in [1.29, 1.82) is 0 Å². The Hall–Kier alpha value is -3.34. The van der Waals surface area contributed by atoms with Gasteiger partial charge >= 0.3 is 0 Å². The summed E-state index contributed by atoms with van der Waals surface area (Å²) in [6, 6.07) is 8.95. The number of imidazole rings is 1. The van der Waals surface area contributed by atoms with Crippen LogP contribution in [0.3, 0.4) is 0 Å². The maximum absolute atomic E-state index is 14.1. The van der Waals surface area contributed by atoms with Gasteiger partial charge in [0.05, 0.1) is 29.8 Å². The number of nitrogens with zero attached hydrogens (tertiary/aromatic N) is 7. The number of fused-ring (bicyclic) bond motifs is 1. The molecule has 11 heteroatoms. The molecule has 1 amide bonds. The van der Waals surface area contributed by atoms with E-state index in [9.17, 15) is 13.6 Å². The van der Waals surface area contributed by atoms with Crippen molar-refractivity contribution >= 4 is 28.6 Å². The van der Waals surface area contributed by atoms with E-state index in [0.717, 1.165) is 0 Å². The molecule has 4 heterocycles. The summed E-state index contributed by atoms with van der Waals surface area (Å²) in [5, 5.41) is 0. The van der Waals surface area contributed by atoms with Crippen molar-refractivity contribution in [3.05, 3.63) is 36.2 Å². The van der Waals surface area contributed by atoms with Crippen molar-refractivity contribution in [3.63, 3.8) is 0 Å². The largest absolute Gasteiger partial charge is 0.375 e. The molecule has 2 aliphatic rings. The number of hydrogen-bond acceptors (Lipinski definition) is 7. The Morgan fingerprint density at radius 2 is 1.74 bits per heavy atom. The number of ether oxygens (including phenoxy) is 1. The number of para-hydroxylation sites is 2. The first-order valence-electron chi connectivity index (χ1n) is 11.9. The molecule has 0 radical (unpaired) electrons. The molecule has 0 saturated carbocycles. The lowest BCUT2D eigenvalue weighted by Crippen LogP contribution is -2.50. The average Bonchev–Trinajstić information content (AvgIpc) is 3.26. The lowest BCUT2D eigenvalue weighted by molar-refractivity contribution is -0.129. The third kappa shape index (κ3) is 4.40. The molecule has 2 saturated heterocycles. The van der Waals surface area contributed by atoms with Crippen molar-refractivity contribution in [2.75, 3.05) is 49.1 Å². The number of halogens is 2. The van der Waals surface area contributed by atoms with Crippen LogP contribution in [0, 0.1) is 0 Å². The minimum atomic E-state index is -2.79. The van der Waals surface area contributed by atoms with Gasteiger partial charge in [-0.3, -0.25) is 9.36 Å². The predicted octanol–water partition coefficient (Wildman–Crippen LogP) is 3.04. The smallest absolute Gasteiger partial charge is 0.296 e. The molecule has 1 aromatic carbocycles. The minimum absolute atomic E-state index is 0.00423. The molecule has 2 atom stereocenters. The van der Waals surface area contributed by atoms with Gasteiger partial charge in [0.25, 0.3) is 6.43 Å². The van der Waals surface area contributed by atoms with Gasteiger partial charge in [-0.25, -0.2) is 13.8 Å². The standard InChI is InChI=1S/C24H29F2N7O2/c1-15-16(2)35-13-12-32(15)21-14-20(31-10-8-30(9-11-31)17(3)34)28-24(29-21)33-19-7-5-4-6-18(19)27-23(33)22(25)26/h4-7,14-16,22H,8-13H2,1-3H3/t15-,16+/m0/s1. The number of morpholine rings is 1. The van der Waals surface area contributed by atoms with E-state index >= 15 is 0 Å². The van der Waals surface area contributed by atoms with E-state index in [2.05, 4.69) is 21.7 Å². The second-order valence-electron chi connectivity index (χ2n) is 8.98. The van der Waals surface area contributed by atoms with Crippen molar-refractivity contribution < 1.29 is 18.3 Å². The zero-order valence-corrected chi connectivity index (χ0v) is 20.1. The van der Waals surface area contributed by atoms with Gasteiger partial charge in [-0.1, -0.05) is 12.1 Å². The fourth-order valence-electron chi connectivity index (χ4n) is 4.73. The number of rotatable bonds is 4. The maximum atomic E-state index is 14.1. The quantitative estimate of drug-likeness (QED) is 0.562. The molecule has 2 fully saturated rings. The van der Waals surface area contributed by atoms with Gasteiger partial charge in [0, 0.05) is 45.7 Å². The number of amides is 1. The highest BCUT2D eigenvalue weighted by atomic mass is 19.3. The SMILES string of the molecule is CC(=O)N1CCN(c2cc(N3CCO[C@H](C)[C@@H]3C)nc(-n3c(C(F)F)nc4ccccc43)n2)CC1. The molecule has 0 N–H and O–H groups in total. The Balaban J connectivity index is 1.63. The third-order valence-electron chi connectivity index (χ3n) is 6.90. The van der Waals surface area contributed by atoms with E-state index in [1.54, 1.807) is 36.1 Å². The summed E-state index contributed by atoms with van der Waals surface area (Å²) in [6.07, 6.45) is -2.80. The van der Waals surface area contributed by atoms with Gasteiger partial charge in [0.1, 0.15) is 11.6 Å². The first kappa shape index (κ1) is 23.4. The molecule has 0 aliphatic carbocycles. The number of carbonyl (C=O) groups excluding carboxylic acids is 1. The number of benzene rings is 1. The van der Waals surface area contributed by atoms with Crippen molar-refractivity contribution in [2.45, 2.75) is 39.3 Å². The van der Waals surface area contributed by atoms with Crippen LogP contribution in [0.15, 0.2) is 30.3 Å². The van der Waals surface area contributed by atoms with Crippen molar-refractivity contribution in [2.24, 2.45) is 0 Å². The van der Waals surface area contributed by atoms with Gasteiger partial charge < -0.3 is 19.4 Å². The normalized spacial score (nSPS) is 21.3. The van der Waals surface area contributed by atoms with E-state index in [1.165, 1.54) is 4.57 Å². The Morgan fingerprint density at radius 3 is 2.46 bits per heavy atom. The summed E-state index contributed by atoms with van der Waals surface area (Å²) < 4.78 is 35.3. The van der Waals surface area contributed by atoms with Crippen LogP contribution < -0.4 is 9.80 Å². The fourth-order valence-corrected chi connectivity index (χ4v) is 4.73. The Kier molecular flexibility index (Phi) is 6.26. The molecule has 2 aliphatic heterocycles. The maximum Gasteiger partial charge on any atom is 0.296 e. The van der Waals surface area contributed by atoms with Crippen LogP contribution in [-0.4, -0.2) is 81.8 Å². The fraction of sp³-hybridized carbons (Fsp3) is 0.500. The highest BCUT2D eigenvalue weighted by Crippen LogP contribution is 2.30. The molecule has 35 heavy (non-hydrogen) atoms. The summed E-state index contributed by atoms with van der Waals surface area (Å²) in [5.74, 6) is 1.09. The highest BCUT2D eigenvalue weighted by Gasteiger charge is 2.30. The summed E-state index contributed by atoms with van der Waals surface area (Å²) in [6.45, 7) is 9.16. The van der Waals surface area contributed by atoms with E-state index in [-0.39, 0.29) is 29.8 Å². The molecular weight excluding hydrogens is 456 g/mol. The lowest BCUT2D eigenvalue weighted by Gasteiger charge is -2.39. The second kappa shape index (κ2) is 9.37. The first-order valence-corrected chi connectivity index (χ1v) is 11.9. The van der Waals surface area contributed by atoms with Gasteiger partial charge in [-0.15, -0.1) is 0 Å².